The highest BCUT2D eigenvalue weighted by Gasteiger charge is 2.33. The van der Waals surface area contributed by atoms with Crippen LogP contribution in [0.25, 0.3) is 0 Å². The zero-order valence-electron chi connectivity index (χ0n) is 12.0. The molecule has 1 saturated carbocycles. The summed E-state index contributed by atoms with van der Waals surface area (Å²) in [6, 6.07) is 4.11. The normalized spacial score (nSPS) is 27.9. The van der Waals surface area contributed by atoms with Gasteiger partial charge in [-0.05, 0) is 49.9 Å². The van der Waals surface area contributed by atoms with Crippen LogP contribution in [0.2, 0.25) is 4.34 Å². The van der Waals surface area contributed by atoms with E-state index in [0.717, 1.165) is 29.9 Å². The topological polar surface area (TPSA) is 29.3 Å². The summed E-state index contributed by atoms with van der Waals surface area (Å²) in [4.78, 5) is 3.74. The first-order valence-electron chi connectivity index (χ1n) is 7.16. The zero-order valence-corrected chi connectivity index (χ0v) is 13.6. The molecule has 1 aromatic rings. The van der Waals surface area contributed by atoms with E-state index in [-0.39, 0.29) is 0 Å². The fourth-order valence-electron chi connectivity index (χ4n) is 3.13. The van der Waals surface area contributed by atoms with Crippen molar-refractivity contribution in [3.8, 4) is 0 Å². The molecule has 0 bridgehead atoms. The predicted octanol–water partition coefficient (Wildman–Crippen LogP) is 3.99. The van der Waals surface area contributed by atoms with Gasteiger partial charge in [0.1, 0.15) is 0 Å². The van der Waals surface area contributed by atoms with Crippen molar-refractivity contribution in [1.82, 2.24) is 4.90 Å². The molecule has 0 atom stereocenters. The van der Waals surface area contributed by atoms with Crippen LogP contribution in [0, 0.1) is 11.3 Å². The number of thiophene rings is 1. The van der Waals surface area contributed by atoms with Gasteiger partial charge in [-0.1, -0.05) is 31.4 Å². The fraction of sp³-hybridized carbons (Fsp3) is 0.733. The van der Waals surface area contributed by atoms with E-state index in [2.05, 4.69) is 24.9 Å². The maximum absolute atomic E-state index is 6.08. The standard InChI is InChI=1S/C15H25ClN2S/c1-12-5-7-15(10-17,8-6-12)11-18(2)9-13-3-4-14(16)19-13/h3-4,12H,5-11,17H2,1-2H3. The maximum atomic E-state index is 6.08. The molecule has 1 heterocycles. The lowest BCUT2D eigenvalue weighted by Crippen LogP contribution is -2.43. The second-order valence-corrected chi connectivity index (χ2v) is 8.06. The highest BCUT2D eigenvalue weighted by Crippen LogP contribution is 2.38. The third-order valence-corrected chi connectivity index (χ3v) is 5.64. The van der Waals surface area contributed by atoms with Crippen molar-refractivity contribution in [2.75, 3.05) is 20.1 Å². The van der Waals surface area contributed by atoms with Crippen molar-refractivity contribution in [1.29, 1.82) is 0 Å². The molecule has 0 spiro atoms. The Morgan fingerprint density at radius 3 is 2.63 bits per heavy atom. The fourth-order valence-corrected chi connectivity index (χ4v) is 4.30. The number of rotatable bonds is 5. The van der Waals surface area contributed by atoms with Crippen molar-refractivity contribution >= 4 is 22.9 Å². The summed E-state index contributed by atoms with van der Waals surface area (Å²) < 4.78 is 0.878. The minimum atomic E-state index is 0.336. The Kier molecular flexibility index (Phi) is 5.29. The molecule has 2 nitrogen and oxygen atoms in total. The Morgan fingerprint density at radius 1 is 1.42 bits per heavy atom. The van der Waals surface area contributed by atoms with E-state index in [0.29, 0.717) is 5.41 Å². The summed E-state index contributed by atoms with van der Waals surface area (Å²) in [6.07, 6.45) is 5.21. The molecule has 2 N–H and O–H groups in total. The molecule has 1 aliphatic carbocycles. The molecule has 0 aliphatic heterocycles. The van der Waals surface area contributed by atoms with Crippen LogP contribution in [0.3, 0.4) is 0 Å². The molecule has 0 unspecified atom stereocenters. The minimum Gasteiger partial charge on any atom is -0.330 e. The van der Waals surface area contributed by atoms with Crippen LogP contribution < -0.4 is 5.73 Å². The van der Waals surface area contributed by atoms with E-state index in [1.165, 1.54) is 30.6 Å². The molecular formula is C15H25ClN2S. The van der Waals surface area contributed by atoms with E-state index in [9.17, 15) is 0 Å². The quantitative estimate of drug-likeness (QED) is 0.891. The lowest BCUT2D eigenvalue weighted by molar-refractivity contribution is 0.106. The predicted molar refractivity (Wildman–Crippen MR) is 84.8 cm³/mol. The van der Waals surface area contributed by atoms with E-state index in [4.69, 9.17) is 17.3 Å². The molecular weight excluding hydrogens is 276 g/mol. The summed E-state index contributed by atoms with van der Waals surface area (Å²) in [5.41, 5.74) is 6.42. The largest absolute Gasteiger partial charge is 0.330 e. The van der Waals surface area contributed by atoms with Crippen LogP contribution in [0.15, 0.2) is 12.1 Å². The third kappa shape index (κ3) is 4.19. The van der Waals surface area contributed by atoms with Crippen LogP contribution in [0.4, 0.5) is 0 Å². The number of nitrogens with zero attached hydrogens (tertiary/aromatic N) is 1. The summed E-state index contributed by atoms with van der Waals surface area (Å²) in [5, 5.41) is 0. The van der Waals surface area contributed by atoms with Crippen LogP contribution in [0.5, 0.6) is 0 Å². The Balaban J connectivity index is 1.90. The zero-order chi connectivity index (χ0) is 13.9. The Labute approximate surface area is 125 Å². The molecule has 1 fully saturated rings. The monoisotopic (exact) mass is 300 g/mol. The Hall–Kier alpha value is -0.0900. The van der Waals surface area contributed by atoms with Gasteiger partial charge in [0.2, 0.25) is 0 Å². The van der Waals surface area contributed by atoms with Gasteiger partial charge in [-0.25, -0.2) is 0 Å². The van der Waals surface area contributed by atoms with Gasteiger partial charge >= 0.3 is 0 Å². The lowest BCUT2D eigenvalue weighted by atomic mass is 9.70. The van der Waals surface area contributed by atoms with Gasteiger partial charge in [-0.3, -0.25) is 0 Å². The summed E-state index contributed by atoms with van der Waals surface area (Å²) in [5.74, 6) is 0.876. The number of hydrogen-bond acceptors (Lipinski definition) is 3. The van der Waals surface area contributed by atoms with Gasteiger partial charge in [0.05, 0.1) is 4.34 Å². The summed E-state index contributed by atoms with van der Waals surface area (Å²) in [7, 11) is 2.20. The lowest BCUT2D eigenvalue weighted by Gasteiger charge is -2.41. The second kappa shape index (κ2) is 6.57. The SMILES string of the molecule is CC1CCC(CN)(CN(C)Cc2ccc(Cl)s2)CC1. The van der Waals surface area contributed by atoms with Crippen molar-refractivity contribution < 1.29 is 0 Å². The molecule has 4 heteroatoms. The first-order chi connectivity index (χ1) is 9.03. The summed E-state index contributed by atoms with van der Waals surface area (Å²) in [6.45, 7) is 5.26. The van der Waals surface area contributed by atoms with Crippen molar-refractivity contribution in [2.45, 2.75) is 39.2 Å². The maximum Gasteiger partial charge on any atom is 0.0931 e. The van der Waals surface area contributed by atoms with Gasteiger partial charge in [0.25, 0.3) is 0 Å². The third-order valence-electron chi connectivity index (χ3n) is 4.43. The summed E-state index contributed by atoms with van der Waals surface area (Å²) >= 11 is 7.66. The van der Waals surface area contributed by atoms with Gasteiger partial charge in [-0.15, -0.1) is 11.3 Å². The van der Waals surface area contributed by atoms with Crippen LogP contribution >= 0.6 is 22.9 Å². The van der Waals surface area contributed by atoms with Gasteiger partial charge in [0.15, 0.2) is 0 Å². The van der Waals surface area contributed by atoms with Gasteiger partial charge in [-0.2, -0.15) is 0 Å². The van der Waals surface area contributed by atoms with Crippen molar-refractivity contribution in [2.24, 2.45) is 17.1 Å². The number of halogens is 1. The molecule has 108 valence electrons. The molecule has 1 aliphatic rings. The first-order valence-corrected chi connectivity index (χ1v) is 8.35. The van der Waals surface area contributed by atoms with Crippen LogP contribution in [-0.4, -0.2) is 25.0 Å². The molecule has 0 aromatic carbocycles. The van der Waals surface area contributed by atoms with Crippen molar-refractivity contribution in [3.05, 3.63) is 21.3 Å². The van der Waals surface area contributed by atoms with Crippen molar-refractivity contribution in [3.63, 3.8) is 0 Å². The number of hydrogen-bond donors (Lipinski definition) is 1. The molecule has 0 saturated heterocycles. The first kappa shape index (κ1) is 15.3. The van der Waals surface area contributed by atoms with E-state index >= 15 is 0 Å². The van der Waals surface area contributed by atoms with Crippen LogP contribution in [0.1, 0.15) is 37.5 Å². The molecule has 1 aromatic heterocycles. The molecule has 0 radical (unpaired) electrons. The second-order valence-electron chi connectivity index (χ2n) is 6.26. The minimum absolute atomic E-state index is 0.336. The average molecular weight is 301 g/mol. The Morgan fingerprint density at radius 2 is 2.11 bits per heavy atom. The van der Waals surface area contributed by atoms with Gasteiger partial charge < -0.3 is 10.6 Å². The molecule has 2 rings (SSSR count). The van der Waals surface area contributed by atoms with E-state index < -0.39 is 0 Å². The van der Waals surface area contributed by atoms with E-state index in [1.54, 1.807) is 11.3 Å². The van der Waals surface area contributed by atoms with Gasteiger partial charge in [0, 0.05) is 18.0 Å². The Bertz CT molecular complexity index is 397. The highest BCUT2D eigenvalue weighted by molar-refractivity contribution is 7.16. The number of nitrogens with two attached hydrogens (primary N) is 1. The average Bonchev–Trinajstić information content (AvgIpc) is 2.78. The van der Waals surface area contributed by atoms with E-state index in [1.807, 2.05) is 6.07 Å². The van der Waals surface area contributed by atoms with Crippen LogP contribution in [-0.2, 0) is 6.54 Å². The smallest absolute Gasteiger partial charge is 0.0931 e. The highest BCUT2D eigenvalue weighted by atomic mass is 35.5. The molecule has 19 heavy (non-hydrogen) atoms. The molecule has 0 amide bonds.